The third-order valence-electron chi connectivity index (χ3n) is 8.29. The number of nitrogens with zero attached hydrogens (tertiary/aromatic N) is 4. The van der Waals surface area contributed by atoms with Gasteiger partial charge in [0, 0.05) is 23.1 Å². The summed E-state index contributed by atoms with van der Waals surface area (Å²) in [5.74, 6) is 1.88. The molecule has 1 N–H and O–H groups in total. The summed E-state index contributed by atoms with van der Waals surface area (Å²) in [6, 6.07) is 32.6. The highest BCUT2D eigenvalue weighted by molar-refractivity contribution is 7.85. The lowest BCUT2D eigenvalue weighted by atomic mass is 10.0. The van der Waals surface area contributed by atoms with Crippen molar-refractivity contribution in [1.82, 2.24) is 9.71 Å². The highest BCUT2D eigenvalue weighted by Crippen LogP contribution is 2.38. The van der Waals surface area contributed by atoms with Crippen molar-refractivity contribution in [1.29, 1.82) is 0 Å². The Kier molecular flexibility index (Phi) is 9.61. The van der Waals surface area contributed by atoms with Crippen molar-refractivity contribution in [2.45, 2.75) is 18.0 Å². The van der Waals surface area contributed by atoms with Gasteiger partial charge in [-0.2, -0.15) is 4.73 Å². The van der Waals surface area contributed by atoms with Crippen LogP contribution in [-0.4, -0.2) is 49.1 Å². The Balaban J connectivity index is 0.000000324. The van der Waals surface area contributed by atoms with Crippen molar-refractivity contribution >= 4 is 49.8 Å². The maximum Gasteiger partial charge on any atom is 0.320 e. The summed E-state index contributed by atoms with van der Waals surface area (Å²) in [4.78, 5) is 18.9. The van der Waals surface area contributed by atoms with Crippen molar-refractivity contribution in [3.8, 4) is 11.3 Å². The molecule has 0 spiro atoms. The van der Waals surface area contributed by atoms with Crippen molar-refractivity contribution in [2.24, 2.45) is 0 Å². The molecular weight excluding hydrogens is 635 g/mol. The maximum atomic E-state index is 10.4. The summed E-state index contributed by atoms with van der Waals surface area (Å²) in [5, 5.41) is 1.13. The van der Waals surface area contributed by atoms with E-state index in [4.69, 9.17) is 9.82 Å². The monoisotopic (exact) mass is 671 g/mol. The fourth-order valence-corrected chi connectivity index (χ4v) is 6.55. The average Bonchev–Trinajstić information content (AvgIpc) is 3.58. The first kappa shape index (κ1) is 33.2. The number of benzene rings is 4. The van der Waals surface area contributed by atoms with Crippen molar-refractivity contribution in [3.05, 3.63) is 146 Å². The van der Waals surface area contributed by atoms with Crippen molar-refractivity contribution < 1.29 is 22.8 Å². The Morgan fingerprint density at radius 3 is 2.22 bits per heavy atom. The number of H-pyrrole nitrogens is 1. The molecule has 1 aliphatic heterocycles. The molecule has 2 aromatic heterocycles. The Morgan fingerprint density at radius 1 is 0.878 bits per heavy atom. The van der Waals surface area contributed by atoms with Gasteiger partial charge in [-0.1, -0.05) is 97.1 Å². The number of fused-ring (bicyclic) bond motifs is 3. The van der Waals surface area contributed by atoms with Crippen LogP contribution in [0.3, 0.4) is 0 Å². The highest BCUT2D eigenvalue weighted by atomic mass is 32.2. The summed E-state index contributed by atoms with van der Waals surface area (Å²) in [5.41, 5.74) is 7.08. The fraction of sp³-hybridized carbons (Fsp3) is 0.128. The van der Waals surface area contributed by atoms with E-state index in [1.807, 2.05) is 54.1 Å². The van der Waals surface area contributed by atoms with E-state index >= 15 is 0 Å². The lowest BCUT2D eigenvalue weighted by molar-refractivity contribution is -0.329. The molecule has 9 nitrogen and oxygen atoms in total. The number of aromatic amines is 1. The molecule has 49 heavy (non-hydrogen) atoms. The van der Waals surface area contributed by atoms with Crippen LogP contribution in [0.25, 0.3) is 39.3 Å². The normalized spacial score (nSPS) is 14.1. The van der Waals surface area contributed by atoms with Crippen LogP contribution in [0.1, 0.15) is 11.1 Å². The average molecular weight is 672 g/mol. The zero-order chi connectivity index (χ0) is 34.5. The Bertz CT molecular complexity index is 2210. The van der Waals surface area contributed by atoms with E-state index in [0.29, 0.717) is 13.1 Å². The van der Waals surface area contributed by atoms with Gasteiger partial charge in [0.15, 0.2) is 11.7 Å². The standard InChI is InChI=1S/C32H29N5O.C7H8O3S/c1-4-21-35-29(36(22-5-2)32-31(35)33-26-16-10-11-17-27(26)34-32)20-19-25-24-15-9-12-18-28(24)37(38-3)30(25)23-13-7-6-8-14-23;1-6-2-4-7(5-3-6)11(8,9)10/h4-20,29H,1-2,21-22H2,3H3;2-5H,1H3,(H,8,9,10)/b20-19+;. The van der Waals surface area contributed by atoms with Gasteiger partial charge >= 0.3 is 5.82 Å². The molecule has 1 atom stereocenters. The summed E-state index contributed by atoms with van der Waals surface area (Å²) < 4.78 is 33.1. The third kappa shape index (κ3) is 6.69. The van der Waals surface area contributed by atoms with Crippen LogP contribution in [0.5, 0.6) is 0 Å². The molecule has 0 saturated carbocycles. The Morgan fingerprint density at radius 2 is 1.53 bits per heavy atom. The van der Waals surface area contributed by atoms with E-state index in [1.54, 1.807) is 19.2 Å². The number of rotatable bonds is 9. The first-order valence-corrected chi connectivity index (χ1v) is 17.2. The predicted molar refractivity (Wildman–Crippen MR) is 195 cm³/mol. The fourth-order valence-electron chi connectivity index (χ4n) is 6.08. The van der Waals surface area contributed by atoms with E-state index in [2.05, 4.69) is 88.6 Å². The van der Waals surface area contributed by atoms with Crippen LogP contribution in [0, 0.1) is 6.92 Å². The topological polar surface area (TPSA) is 105 Å². The molecule has 3 heterocycles. The van der Waals surface area contributed by atoms with Crippen LogP contribution >= 0.6 is 0 Å². The third-order valence-corrected chi connectivity index (χ3v) is 9.14. The van der Waals surface area contributed by atoms with Gasteiger partial charge in [0.25, 0.3) is 0 Å². The number of hydrogen-bond acceptors (Lipinski definition) is 7. The second-order valence-corrected chi connectivity index (χ2v) is 12.9. The molecule has 1 aliphatic rings. The number of anilines is 2. The molecule has 10 heteroatoms. The molecule has 0 saturated heterocycles. The zero-order valence-corrected chi connectivity index (χ0v) is 28.2. The van der Waals surface area contributed by atoms with E-state index < -0.39 is 10.1 Å². The number of nitrogens with one attached hydrogen (secondary N) is 1. The molecule has 248 valence electrons. The molecule has 0 aliphatic carbocycles. The summed E-state index contributed by atoms with van der Waals surface area (Å²) in [7, 11) is -2.56. The molecule has 0 amide bonds. The lowest BCUT2D eigenvalue weighted by Gasteiger charge is -2.23. The van der Waals surface area contributed by atoms with Crippen LogP contribution in [0.15, 0.2) is 139 Å². The molecular formula is C39H37N5O4S. The van der Waals surface area contributed by atoms with Crippen LogP contribution in [0.4, 0.5) is 11.6 Å². The molecule has 7 rings (SSSR count). The first-order chi connectivity index (χ1) is 23.7. The van der Waals surface area contributed by atoms with Crippen LogP contribution in [0.2, 0.25) is 0 Å². The van der Waals surface area contributed by atoms with Crippen LogP contribution in [-0.2, 0) is 10.1 Å². The van der Waals surface area contributed by atoms with Gasteiger partial charge in [0.05, 0.1) is 16.1 Å². The number of aryl methyl sites for hydroxylation is 1. The highest BCUT2D eigenvalue weighted by Gasteiger charge is 2.42. The molecule has 0 bridgehead atoms. The molecule has 0 fully saturated rings. The zero-order valence-electron chi connectivity index (χ0n) is 27.4. The van der Waals surface area contributed by atoms with E-state index in [1.165, 1.54) is 12.1 Å². The summed E-state index contributed by atoms with van der Waals surface area (Å²) in [6.45, 7) is 11.2. The summed E-state index contributed by atoms with van der Waals surface area (Å²) in [6.07, 6.45) is 8.21. The Hall–Kier alpha value is -5.71. The minimum atomic E-state index is -4.27. The smallest absolute Gasteiger partial charge is 0.320 e. The van der Waals surface area contributed by atoms with Gasteiger partial charge in [0.2, 0.25) is 5.82 Å². The molecule has 6 aromatic rings. The van der Waals surface area contributed by atoms with Gasteiger partial charge in [-0.3, -0.25) is 0 Å². The maximum absolute atomic E-state index is 10.4. The number of aromatic nitrogens is 3. The quantitative estimate of drug-likeness (QED) is 0.125. The van der Waals surface area contributed by atoms with E-state index in [-0.39, 0.29) is 11.1 Å². The summed E-state index contributed by atoms with van der Waals surface area (Å²) >= 11 is 0. The Labute approximate surface area is 286 Å². The SMILES string of the molecule is C=CCN1c2nc3ccccc3[nH+]c2N(CC=C)C1/C=C/c1c(-c2ccccc2)n(OC)c2ccccc12.Cc1ccc(S(=O)(=O)[O-])cc1. The van der Waals surface area contributed by atoms with E-state index in [0.717, 1.165) is 56.0 Å². The second-order valence-electron chi connectivity index (χ2n) is 11.5. The van der Waals surface area contributed by atoms with Gasteiger partial charge in [-0.15, -0.1) is 6.58 Å². The largest absolute Gasteiger partial charge is 0.744 e. The first-order valence-electron chi connectivity index (χ1n) is 15.8. The predicted octanol–water partition coefficient (Wildman–Crippen LogP) is 6.67. The van der Waals surface area contributed by atoms with Gasteiger partial charge in [-0.05, 0) is 49.4 Å². The van der Waals surface area contributed by atoms with Gasteiger partial charge in [0.1, 0.15) is 29.3 Å². The van der Waals surface area contributed by atoms with Gasteiger partial charge < -0.3 is 14.3 Å². The van der Waals surface area contributed by atoms with Crippen LogP contribution < -0.4 is 19.6 Å². The lowest BCUT2D eigenvalue weighted by Crippen LogP contribution is -2.43. The second kappa shape index (κ2) is 14.2. The van der Waals surface area contributed by atoms with Crippen molar-refractivity contribution in [3.63, 3.8) is 0 Å². The molecule has 1 unspecified atom stereocenters. The minimum absolute atomic E-state index is 0.0881. The minimum Gasteiger partial charge on any atom is -0.744 e. The molecule has 4 aromatic carbocycles. The van der Waals surface area contributed by atoms with Gasteiger partial charge in [-0.25, -0.2) is 23.3 Å². The molecule has 0 radical (unpaired) electrons. The number of hydrogen-bond donors (Lipinski definition) is 0. The number of para-hydroxylation sites is 3. The van der Waals surface area contributed by atoms with E-state index in [9.17, 15) is 13.0 Å². The van der Waals surface area contributed by atoms with Crippen molar-refractivity contribution in [2.75, 3.05) is 30.0 Å².